The number of alkyl halides is 6. The number of pyridine rings is 1. The van der Waals surface area contributed by atoms with Crippen LogP contribution in [0.25, 0.3) is 0 Å². The third-order valence-corrected chi connectivity index (χ3v) is 5.72. The Hall–Kier alpha value is -4.83. The van der Waals surface area contributed by atoms with E-state index in [0.717, 1.165) is 43.8 Å². The van der Waals surface area contributed by atoms with Crippen LogP contribution in [0.3, 0.4) is 0 Å². The van der Waals surface area contributed by atoms with Gasteiger partial charge in [0.15, 0.2) is 0 Å². The van der Waals surface area contributed by atoms with Crippen molar-refractivity contribution in [3.63, 3.8) is 0 Å². The van der Waals surface area contributed by atoms with E-state index in [-0.39, 0.29) is 20.4 Å². The number of nitrogens with one attached hydrogen (secondary N) is 3. The number of halogens is 6. The zero-order valence-electron chi connectivity index (χ0n) is 22.8. The van der Waals surface area contributed by atoms with Gasteiger partial charge in [-0.1, -0.05) is 26.0 Å². The Morgan fingerprint density at radius 3 is 2.16 bits per heavy atom. The molecule has 1 atom stereocenters. The maximum Gasteiger partial charge on any atom is 0.458 e. The third-order valence-electron chi connectivity index (χ3n) is 5.72. The molecule has 45 heavy (non-hydrogen) atoms. The van der Waals surface area contributed by atoms with E-state index < -0.39 is 47.7 Å². The minimum atomic E-state index is -5.77. The molecule has 0 saturated heterocycles. The summed E-state index contributed by atoms with van der Waals surface area (Å²) in [7, 11) is 0. The van der Waals surface area contributed by atoms with Crippen molar-refractivity contribution >= 4 is 40.9 Å². The number of benzene rings is 1. The molecule has 246 valence electrons. The van der Waals surface area contributed by atoms with Gasteiger partial charge < -0.3 is 21.1 Å². The number of Topliss-reactive ketones (excluding diaryl/α,β-unsaturated/α-hetero) is 2. The van der Waals surface area contributed by atoms with Gasteiger partial charge in [0.05, 0.1) is 19.0 Å². The highest BCUT2D eigenvalue weighted by molar-refractivity contribution is 6.41. The lowest BCUT2D eigenvalue weighted by Gasteiger charge is -2.17. The number of hydrogen-bond donors (Lipinski definition) is 4. The Bertz CT molecular complexity index is 1340. The third kappa shape index (κ3) is 13.6. The standard InChI is InChI=1S/C23H27N5O4.C4F6O2.CH4/c29-21(28-19(13-22(30)31)17-7-5-10-24-14-17)15-26-23(32)16-6-4-8-18(12-16)27-20-9-2-1-3-11-25-20;5-3(6,7)1(11)2(12)4(8,9)10;/h4-8,10,12,14,19H,1-3,9,11,13,15H2,(H,25,27)(H,26,32)(H,28,29)(H,30,31);;1H4. The summed E-state index contributed by atoms with van der Waals surface area (Å²) in [5.74, 6) is -7.84. The number of carbonyl (C=O) groups excluding carboxylic acids is 4. The number of amidine groups is 1. The van der Waals surface area contributed by atoms with Gasteiger partial charge in [-0.25, -0.2) is 0 Å². The van der Waals surface area contributed by atoms with Crippen LogP contribution in [0.2, 0.25) is 0 Å². The van der Waals surface area contributed by atoms with Crippen molar-refractivity contribution in [1.29, 1.82) is 0 Å². The number of amides is 2. The summed E-state index contributed by atoms with van der Waals surface area (Å²) in [6.07, 6.45) is -4.55. The average molecular weight is 648 g/mol. The molecule has 3 rings (SSSR count). The normalized spacial score (nSPS) is 13.7. The van der Waals surface area contributed by atoms with E-state index in [1.54, 1.807) is 36.5 Å². The van der Waals surface area contributed by atoms with Crippen molar-refractivity contribution in [3.8, 4) is 0 Å². The van der Waals surface area contributed by atoms with Crippen LogP contribution < -0.4 is 16.0 Å². The van der Waals surface area contributed by atoms with Gasteiger partial charge in [0.25, 0.3) is 5.91 Å². The van der Waals surface area contributed by atoms with Crippen LogP contribution in [-0.2, 0) is 19.2 Å². The quantitative estimate of drug-likeness (QED) is 0.229. The van der Waals surface area contributed by atoms with Gasteiger partial charge in [0, 0.05) is 36.6 Å². The van der Waals surface area contributed by atoms with Crippen LogP contribution in [0.4, 0.5) is 32.0 Å². The summed E-state index contributed by atoms with van der Waals surface area (Å²) in [6, 6.07) is 9.62. The minimum absolute atomic E-state index is 0. The minimum Gasteiger partial charge on any atom is -0.481 e. The predicted octanol–water partition coefficient (Wildman–Crippen LogP) is 4.41. The fourth-order valence-electron chi connectivity index (χ4n) is 3.66. The molecule has 1 aromatic heterocycles. The first-order valence-electron chi connectivity index (χ1n) is 12.9. The molecule has 17 heteroatoms. The molecule has 4 N–H and O–H groups in total. The van der Waals surface area contributed by atoms with Crippen LogP contribution in [0.5, 0.6) is 0 Å². The number of aliphatic carboxylic acids is 1. The second-order valence-corrected chi connectivity index (χ2v) is 9.19. The van der Waals surface area contributed by atoms with E-state index in [1.165, 1.54) is 6.20 Å². The number of nitrogens with zero attached hydrogens (tertiary/aromatic N) is 2. The smallest absolute Gasteiger partial charge is 0.458 e. The topological polar surface area (TPSA) is 167 Å². The highest BCUT2D eigenvalue weighted by Gasteiger charge is 2.54. The molecule has 0 saturated carbocycles. The van der Waals surface area contributed by atoms with Crippen molar-refractivity contribution in [2.45, 2.75) is 57.9 Å². The van der Waals surface area contributed by atoms with Crippen LogP contribution in [-0.4, -0.2) is 70.7 Å². The number of anilines is 1. The number of ketones is 2. The first-order chi connectivity index (χ1) is 20.6. The van der Waals surface area contributed by atoms with E-state index in [0.29, 0.717) is 11.1 Å². The number of carbonyl (C=O) groups is 5. The molecule has 0 aliphatic carbocycles. The Morgan fingerprint density at radius 1 is 0.911 bits per heavy atom. The zero-order chi connectivity index (χ0) is 32.9. The molecule has 0 radical (unpaired) electrons. The van der Waals surface area contributed by atoms with Gasteiger partial charge in [0.2, 0.25) is 5.91 Å². The van der Waals surface area contributed by atoms with Crippen molar-refractivity contribution in [2.75, 3.05) is 18.4 Å². The number of carboxylic acid groups (broad SMARTS) is 1. The largest absolute Gasteiger partial charge is 0.481 e. The molecule has 11 nitrogen and oxygen atoms in total. The summed E-state index contributed by atoms with van der Waals surface area (Å²) < 4.78 is 67.0. The maximum absolute atomic E-state index is 12.5. The molecule has 1 unspecified atom stereocenters. The predicted molar refractivity (Wildman–Crippen MR) is 149 cm³/mol. The average Bonchev–Trinajstić information content (AvgIpc) is 3.23. The van der Waals surface area contributed by atoms with Gasteiger partial charge in [-0.15, -0.1) is 0 Å². The van der Waals surface area contributed by atoms with E-state index in [2.05, 4.69) is 25.9 Å². The molecule has 1 aliphatic rings. The van der Waals surface area contributed by atoms with Gasteiger partial charge >= 0.3 is 29.9 Å². The molecule has 0 fully saturated rings. The fraction of sp³-hybridized carbons (Fsp3) is 0.393. The van der Waals surface area contributed by atoms with Crippen molar-refractivity contribution < 1.29 is 55.4 Å². The second-order valence-electron chi connectivity index (χ2n) is 9.19. The molecule has 1 aromatic carbocycles. The highest BCUT2D eigenvalue weighted by Crippen LogP contribution is 2.24. The Labute approximate surface area is 253 Å². The van der Waals surface area contributed by atoms with Crippen molar-refractivity contribution in [1.82, 2.24) is 15.6 Å². The number of aliphatic imine (C=N–C) groups is 1. The molecule has 2 heterocycles. The molecular weight excluding hydrogens is 616 g/mol. The SMILES string of the molecule is C.O=C(C(=O)C(F)(F)F)C(F)(F)F.O=C(O)CC(NC(=O)CNC(=O)c1cccc(NC2=NCCCCC2)c1)c1cccnc1. The Balaban J connectivity index is 0.000000663. The second kappa shape index (κ2) is 17.5. The molecular formula is C28H31F6N5O6. The number of hydrogen-bond acceptors (Lipinski definition) is 8. The molecule has 2 amide bonds. The number of carboxylic acids is 1. The lowest BCUT2D eigenvalue weighted by atomic mass is 10.1. The number of rotatable bonds is 9. The van der Waals surface area contributed by atoms with Crippen LogP contribution in [0, 0.1) is 0 Å². The highest BCUT2D eigenvalue weighted by atomic mass is 19.4. The monoisotopic (exact) mass is 647 g/mol. The van der Waals surface area contributed by atoms with E-state index in [1.807, 2.05) is 6.07 Å². The Morgan fingerprint density at radius 2 is 1.58 bits per heavy atom. The summed E-state index contributed by atoms with van der Waals surface area (Å²) in [4.78, 5) is 63.7. The first kappa shape index (κ1) is 38.2. The number of aromatic nitrogens is 1. The van der Waals surface area contributed by atoms with Crippen LogP contribution in [0.1, 0.15) is 61.5 Å². The van der Waals surface area contributed by atoms with Crippen molar-refractivity contribution in [2.24, 2.45) is 4.99 Å². The van der Waals surface area contributed by atoms with Gasteiger partial charge in [0.1, 0.15) is 5.84 Å². The van der Waals surface area contributed by atoms with E-state index >= 15 is 0 Å². The fourth-order valence-corrected chi connectivity index (χ4v) is 3.66. The summed E-state index contributed by atoms with van der Waals surface area (Å²) in [6.45, 7) is 0.527. The van der Waals surface area contributed by atoms with E-state index in [9.17, 15) is 50.3 Å². The summed E-state index contributed by atoms with van der Waals surface area (Å²) in [5, 5.41) is 17.6. The van der Waals surface area contributed by atoms with Gasteiger partial charge in [-0.05, 0) is 42.7 Å². The first-order valence-corrected chi connectivity index (χ1v) is 12.9. The maximum atomic E-state index is 12.5. The van der Waals surface area contributed by atoms with Gasteiger partial charge in [-0.3, -0.25) is 33.9 Å². The molecule has 0 bridgehead atoms. The molecule has 2 aromatic rings. The lowest BCUT2D eigenvalue weighted by Crippen LogP contribution is -2.39. The summed E-state index contributed by atoms with van der Waals surface area (Å²) in [5.41, 5.74) is 1.75. The van der Waals surface area contributed by atoms with Crippen LogP contribution >= 0.6 is 0 Å². The lowest BCUT2D eigenvalue weighted by molar-refractivity contribution is -0.193. The zero-order valence-corrected chi connectivity index (χ0v) is 22.8. The van der Waals surface area contributed by atoms with Crippen molar-refractivity contribution in [3.05, 3.63) is 59.9 Å². The Kier molecular flexibility index (Phi) is 14.8. The van der Waals surface area contributed by atoms with Gasteiger partial charge in [-0.2, -0.15) is 26.3 Å². The van der Waals surface area contributed by atoms with Crippen LogP contribution in [0.15, 0.2) is 53.8 Å². The molecule has 0 spiro atoms. The summed E-state index contributed by atoms with van der Waals surface area (Å²) >= 11 is 0. The van der Waals surface area contributed by atoms with E-state index in [4.69, 9.17) is 5.11 Å². The molecule has 1 aliphatic heterocycles.